The van der Waals surface area contributed by atoms with Crippen LogP contribution in [-0.4, -0.2) is 32.0 Å². The van der Waals surface area contributed by atoms with Crippen molar-refractivity contribution in [3.8, 4) is 5.75 Å². The number of hydrogen-bond acceptors (Lipinski definition) is 5. The maximum Gasteiger partial charge on any atom is 0.229 e. The topological polar surface area (TPSA) is 68.3 Å². The lowest BCUT2D eigenvalue weighted by atomic mass is 10.4. The quantitative estimate of drug-likeness (QED) is 0.828. The lowest BCUT2D eigenvalue weighted by Gasteiger charge is -2.13. The van der Waals surface area contributed by atoms with Gasteiger partial charge in [-0.25, -0.2) is 8.42 Å². The summed E-state index contributed by atoms with van der Waals surface area (Å²) in [6.07, 6.45) is 8.48. The number of ether oxygens (including phenoxy) is 1. The molecule has 1 heterocycles. The molecular weight excluding hydrogens is 260 g/mol. The molecule has 94 valence electrons. The molecule has 1 aliphatic carbocycles. The molecule has 0 aliphatic heterocycles. The Kier molecular flexibility index (Phi) is 3.48. The van der Waals surface area contributed by atoms with Crippen LogP contribution in [0.1, 0.15) is 12.8 Å². The molecule has 0 saturated heterocycles. The lowest BCUT2D eigenvalue weighted by Crippen LogP contribution is -2.11. The highest BCUT2D eigenvalue weighted by atomic mass is 32.2. The van der Waals surface area contributed by atoms with E-state index in [1.807, 2.05) is 6.26 Å². The molecule has 5 nitrogen and oxygen atoms in total. The first-order valence-corrected chi connectivity index (χ1v) is 8.27. The number of sulfonamides is 1. The minimum atomic E-state index is -3.30. The van der Waals surface area contributed by atoms with Crippen LogP contribution in [0.2, 0.25) is 0 Å². The summed E-state index contributed by atoms with van der Waals surface area (Å²) in [4.78, 5) is 4.77. The van der Waals surface area contributed by atoms with Gasteiger partial charge in [-0.1, -0.05) is 0 Å². The van der Waals surface area contributed by atoms with Crippen molar-refractivity contribution in [1.29, 1.82) is 0 Å². The van der Waals surface area contributed by atoms with Crippen LogP contribution >= 0.6 is 11.8 Å². The van der Waals surface area contributed by atoms with Gasteiger partial charge in [-0.05, 0) is 19.1 Å². The van der Waals surface area contributed by atoms with Gasteiger partial charge in [-0.15, -0.1) is 11.8 Å². The molecule has 0 radical (unpaired) electrons. The van der Waals surface area contributed by atoms with Gasteiger partial charge >= 0.3 is 0 Å². The average molecular weight is 274 g/mol. The number of nitrogens with one attached hydrogen (secondary N) is 1. The molecule has 1 N–H and O–H groups in total. The van der Waals surface area contributed by atoms with Crippen LogP contribution in [0, 0.1) is 0 Å². The number of nitrogens with zero attached hydrogens (tertiary/aromatic N) is 1. The Labute approximate surface area is 105 Å². The minimum Gasteiger partial charge on any atom is -0.488 e. The summed E-state index contributed by atoms with van der Waals surface area (Å²) in [5.41, 5.74) is 0.471. The molecule has 17 heavy (non-hydrogen) atoms. The number of rotatable bonds is 5. The van der Waals surface area contributed by atoms with E-state index in [1.165, 1.54) is 18.0 Å². The Bertz CT molecular complexity index is 512. The van der Waals surface area contributed by atoms with Gasteiger partial charge in [0.2, 0.25) is 10.0 Å². The van der Waals surface area contributed by atoms with Crippen molar-refractivity contribution in [1.82, 2.24) is 4.98 Å². The highest BCUT2D eigenvalue weighted by Crippen LogP contribution is 2.37. The molecule has 0 bridgehead atoms. The second kappa shape index (κ2) is 4.73. The molecule has 1 aromatic rings. The number of anilines is 1. The van der Waals surface area contributed by atoms with E-state index in [9.17, 15) is 8.42 Å². The van der Waals surface area contributed by atoms with E-state index >= 15 is 0 Å². The zero-order chi connectivity index (χ0) is 12.5. The van der Waals surface area contributed by atoms with Gasteiger partial charge in [0, 0.05) is 0 Å². The third kappa shape index (κ3) is 3.50. The lowest BCUT2D eigenvalue weighted by molar-refractivity contribution is 0.295. The van der Waals surface area contributed by atoms with Gasteiger partial charge in [-0.2, -0.15) is 0 Å². The fourth-order valence-electron chi connectivity index (χ4n) is 1.36. The van der Waals surface area contributed by atoms with Crippen molar-refractivity contribution >= 4 is 27.5 Å². The summed E-state index contributed by atoms with van der Waals surface area (Å²) < 4.78 is 30.6. The average Bonchev–Trinajstić information content (AvgIpc) is 2.99. The molecule has 0 unspecified atom stereocenters. The third-order valence-electron chi connectivity index (χ3n) is 2.18. The van der Waals surface area contributed by atoms with E-state index in [0.717, 1.165) is 24.0 Å². The summed E-state index contributed by atoms with van der Waals surface area (Å²) in [6, 6.07) is 0. The Morgan fingerprint density at radius 2 is 2.18 bits per heavy atom. The van der Waals surface area contributed by atoms with Crippen LogP contribution < -0.4 is 9.46 Å². The maximum atomic E-state index is 11.2. The molecule has 0 amide bonds. The van der Waals surface area contributed by atoms with E-state index in [0.29, 0.717) is 11.4 Å². The van der Waals surface area contributed by atoms with Crippen LogP contribution in [-0.2, 0) is 10.0 Å². The van der Waals surface area contributed by atoms with E-state index < -0.39 is 10.0 Å². The minimum absolute atomic E-state index is 0.260. The highest BCUT2D eigenvalue weighted by Gasteiger charge is 2.25. The van der Waals surface area contributed by atoms with Gasteiger partial charge in [0.15, 0.2) is 5.75 Å². The second-order valence-electron chi connectivity index (χ2n) is 3.91. The SMILES string of the molecule is CSc1c(NS(C)(=O)=O)cncc1OC1CC1. The summed E-state index contributed by atoms with van der Waals surface area (Å²) in [6.45, 7) is 0. The molecule has 0 aromatic carbocycles. The standard InChI is InChI=1S/C10H14N2O3S2/c1-16-10-8(12-17(2,13)14)5-11-6-9(10)15-7-3-4-7/h5-7,12H,3-4H2,1-2H3. The Morgan fingerprint density at radius 1 is 1.47 bits per heavy atom. The number of thioether (sulfide) groups is 1. The Balaban J connectivity index is 2.30. The highest BCUT2D eigenvalue weighted by molar-refractivity contribution is 7.99. The molecule has 1 fully saturated rings. The summed E-state index contributed by atoms with van der Waals surface area (Å²) in [7, 11) is -3.30. The monoisotopic (exact) mass is 274 g/mol. The molecular formula is C10H14N2O3S2. The number of hydrogen-bond donors (Lipinski definition) is 1. The van der Waals surface area contributed by atoms with Crippen LogP contribution in [0.25, 0.3) is 0 Å². The van der Waals surface area contributed by atoms with Crippen molar-refractivity contribution in [2.75, 3.05) is 17.2 Å². The fraction of sp³-hybridized carbons (Fsp3) is 0.500. The number of pyridine rings is 1. The molecule has 1 saturated carbocycles. The molecule has 0 atom stereocenters. The van der Waals surface area contributed by atoms with Crippen LogP contribution in [0.15, 0.2) is 17.3 Å². The van der Waals surface area contributed by atoms with Crippen LogP contribution in [0.3, 0.4) is 0 Å². The molecule has 7 heteroatoms. The number of aromatic nitrogens is 1. The maximum absolute atomic E-state index is 11.2. The van der Waals surface area contributed by atoms with E-state index in [1.54, 1.807) is 6.20 Å². The molecule has 1 aliphatic rings. The van der Waals surface area contributed by atoms with Crippen molar-refractivity contribution in [2.45, 2.75) is 23.8 Å². The van der Waals surface area contributed by atoms with Crippen molar-refractivity contribution in [2.24, 2.45) is 0 Å². The van der Waals surface area contributed by atoms with Gasteiger partial charge in [0.25, 0.3) is 0 Å². The van der Waals surface area contributed by atoms with Gasteiger partial charge < -0.3 is 4.74 Å². The van der Waals surface area contributed by atoms with E-state index in [-0.39, 0.29) is 6.10 Å². The molecule has 0 spiro atoms. The van der Waals surface area contributed by atoms with Gasteiger partial charge in [-0.3, -0.25) is 9.71 Å². The smallest absolute Gasteiger partial charge is 0.229 e. The zero-order valence-electron chi connectivity index (χ0n) is 9.63. The fourth-order valence-corrected chi connectivity index (χ4v) is 2.61. The Morgan fingerprint density at radius 3 is 2.71 bits per heavy atom. The summed E-state index contributed by atoms with van der Waals surface area (Å²) >= 11 is 1.44. The predicted octanol–water partition coefficient (Wildman–Crippen LogP) is 1.72. The normalized spacial score (nSPS) is 15.6. The first-order chi connectivity index (χ1) is 7.99. The van der Waals surface area contributed by atoms with Gasteiger partial charge in [0.1, 0.15) is 0 Å². The molecule has 2 rings (SSSR count). The molecule has 1 aromatic heterocycles. The second-order valence-corrected chi connectivity index (χ2v) is 6.47. The third-order valence-corrected chi connectivity index (χ3v) is 3.60. The Hall–Kier alpha value is -0.950. The summed E-state index contributed by atoms with van der Waals surface area (Å²) in [5, 5.41) is 0. The van der Waals surface area contributed by atoms with Crippen molar-refractivity contribution < 1.29 is 13.2 Å². The first-order valence-electron chi connectivity index (χ1n) is 5.16. The zero-order valence-corrected chi connectivity index (χ0v) is 11.3. The summed E-state index contributed by atoms with van der Waals surface area (Å²) in [5.74, 6) is 0.647. The van der Waals surface area contributed by atoms with Gasteiger partial charge in [0.05, 0.1) is 35.3 Å². The largest absolute Gasteiger partial charge is 0.488 e. The van der Waals surface area contributed by atoms with Crippen molar-refractivity contribution in [3.63, 3.8) is 0 Å². The van der Waals surface area contributed by atoms with Crippen LogP contribution in [0.4, 0.5) is 5.69 Å². The van der Waals surface area contributed by atoms with E-state index in [4.69, 9.17) is 4.74 Å². The first kappa shape index (κ1) is 12.5. The van der Waals surface area contributed by atoms with E-state index in [2.05, 4.69) is 9.71 Å². The van der Waals surface area contributed by atoms with Crippen molar-refractivity contribution in [3.05, 3.63) is 12.4 Å². The van der Waals surface area contributed by atoms with Crippen LogP contribution in [0.5, 0.6) is 5.75 Å². The predicted molar refractivity (Wildman–Crippen MR) is 68.1 cm³/mol.